The fourth-order valence-corrected chi connectivity index (χ4v) is 4.54. The average Bonchev–Trinajstić information content (AvgIpc) is 3.23. The van der Waals surface area contributed by atoms with Crippen LogP contribution >= 0.6 is 0 Å². The van der Waals surface area contributed by atoms with Crippen molar-refractivity contribution in [3.8, 4) is 0 Å². The molecule has 1 fully saturated rings. The van der Waals surface area contributed by atoms with E-state index in [1.54, 1.807) is 6.20 Å². The molecular formula is C19H22N6. The monoisotopic (exact) mass is 334 g/mol. The summed E-state index contributed by atoms with van der Waals surface area (Å²) >= 11 is 0. The van der Waals surface area contributed by atoms with Crippen LogP contribution in [0.5, 0.6) is 0 Å². The van der Waals surface area contributed by atoms with Crippen molar-refractivity contribution in [2.45, 2.75) is 51.7 Å². The minimum atomic E-state index is 0.432. The summed E-state index contributed by atoms with van der Waals surface area (Å²) in [6, 6.07) is 3.06. The lowest BCUT2D eigenvalue weighted by molar-refractivity contribution is 0.165. The highest BCUT2D eigenvalue weighted by Gasteiger charge is 2.41. The van der Waals surface area contributed by atoms with Gasteiger partial charge in [-0.1, -0.05) is 6.58 Å². The summed E-state index contributed by atoms with van der Waals surface area (Å²) in [5.41, 5.74) is 7.15. The zero-order valence-corrected chi connectivity index (χ0v) is 14.7. The molecule has 6 nitrogen and oxygen atoms in total. The molecule has 0 amide bonds. The Balaban J connectivity index is 1.54. The van der Waals surface area contributed by atoms with Gasteiger partial charge in [-0.25, -0.2) is 14.2 Å². The Bertz CT molecular complexity index is 981. The van der Waals surface area contributed by atoms with Crippen LogP contribution in [0.3, 0.4) is 0 Å². The van der Waals surface area contributed by atoms with Crippen molar-refractivity contribution < 1.29 is 0 Å². The van der Waals surface area contributed by atoms with Crippen LogP contribution in [0.15, 0.2) is 25.0 Å². The van der Waals surface area contributed by atoms with Crippen molar-refractivity contribution in [2.24, 2.45) is 0 Å². The Hall–Kier alpha value is -2.47. The third-order valence-electron chi connectivity index (χ3n) is 5.84. The first kappa shape index (κ1) is 14.8. The minimum absolute atomic E-state index is 0.432. The van der Waals surface area contributed by atoms with E-state index in [9.17, 15) is 0 Å². The second-order valence-electron chi connectivity index (χ2n) is 7.22. The summed E-state index contributed by atoms with van der Waals surface area (Å²) < 4.78 is 3.92. The number of hydrogen-bond acceptors (Lipinski definition) is 4. The van der Waals surface area contributed by atoms with Gasteiger partial charge in [-0.2, -0.15) is 10.2 Å². The second kappa shape index (κ2) is 5.26. The number of aromatic nitrogens is 5. The molecule has 0 aromatic carbocycles. The number of nitrogens with zero attached hydrogens (tertiary/aromatic N) is 6. The maximum absolute atomic E-state index is 4.67. The van der Waals surface area contributed by atoms with Gasteiger partial charge in [0.05, 0.1) is 17.6 Å². The van der Waals surface area contributed by atoms with Crippen LogP contribution in [0.4, 0.5) is 0 Å². The lowest BCUT2D eigenvalue weighted by atomic mass is 9.98. The summed E-state index contributed by atoms with van der Waals surface area (Å²) in [4.78, 5) is 7.28. The first-order valence-electron chi connectivity index (χ1n) is 8.91. The lowest BCUT2D eigenvalue weighted by Crippen LogP contribution is -2.38. The molecule has 2 aliphatic rings. The normalized spacial score (nSPS) is 22.5. The highest BCUT2D eigenvalue weighted by Crippen LogP contribution is 2.44. The summed E-state index contributed by atoms with van der Waals surface area (Å²) in [6.07, 6.45) is 9.28. The van der Waals surface area contributed by atoms with Crippen molar-refractivity contribution in [1.29, 1.82) is 0 Å². The van der Waals surface area contributed by atoms with E-state index in [-0.39, 0.29) is 0 Å². The molecule has 25 heavy (non-hydrogen) atoms. The third-order valence-corrected chi connectivity index (χ3v) is 5.84. The molecule has 0 spiro atoms. The van der Waals surface area contributed by atoms with E-state index in [1.807, 2.05) is 17.8 Å². The summed E-state index contributed by atoms with van der Waals surface area (Å²) in [7, 11) is 0. The van der Waals surface area contributed by atoms with Crippen LogP contribution in [-0.2, 0) is 13.0 Å². The van der Waals surface area contributed by atoms with Crippen molar-refractivity contribution in [2.75, 3.05) is 0 Å². The number of fused-ring (bicyclic) bond motifs is 6. The van der Waals surface area contributed by atoms with Gasteiger partial charge in [-0.05, 0) is 26.7 Å². The summed E-state index contributed by atoms with van der Waals surface area (Å²) in [5.74, 6) is 0. The highest BCUT2D eigenvalue weighted by molar-refractivity contribution is 5.44. The molecule has 5 rings (SSSR count). The molecule has 2 aliphatic heterocycles. The van der Waals surface area contributed by atoms with Crippen molar-refractivity contribution in [1.82, 2.24) is 29.3 Å². The molecule has 0 N–H and O–H groups in total. The second-order valence-corrected chi connectivity index (χ2v) is 7.22. The molecule has 0 aliphatic carbocycles. The zero-order chi connectivity index (χ0) is 17.1. The average molecular weight is 334 g/mol. The van der Waals surface area contributed by atoms with E-state index in [4.69, 9.17) is 0 Å². The maximum Gasteiger partial charge on any atom is 0.155 e. The van der Waals surface area contributed by atoms with Gasteiger partial charge in [0.2, 0.25) is 0 Å². The van der Waals surface area contributed by atoms with Crippen LogP contribution in [-0.4, -0.2) is 35.3 Å². The smallest absolute Gasteiger partial charge is 0.155 e. The Kier molecular flexibility index (Phi) is 3.12. The molecule has 6 heteroatoms. The van der Waals surface area contributed by atoms with E-state index in [1.165, 1.54) is 35.4 Å². The Labute approximate surface area is 146 Å². The van der Waals surface area contributed by atoms with E-state index >= 15 is 0 Å². The van der Waals surface area contributed by atoms with Gasteiger partial charge in [0, 0.05) is 60.3 Å². The van der Waals surface area contributed by atoms with E-state index in [0.717, 1.165) is 24.3 Å². The fourth-order valence-electron chi connectivity index (χ4n) is 4.54. The van der Waals surface area contributed by atoms with Gasteiger partial charge in [0.25, 0.3) is 0 Å². The molecule has 3 aromatic rings. The summed E-state index contributed by atoms with van der Waals surface area (Å²) in [5, 5.41) is 9.08. The molecule has 0 unspecified atom stereocenters. The lowest BCUT2D eigenvalue weighted by Gasteiger charge is -2.36. The van der Waals surface area contributed by atoms with Gasteiger partial charge in [0.1, 0.15) is 0 Å². The number of hydrogen-bond donors (Lipinski definition) is 0. The Morgan fingerprint density at radius 1 is 1.28 bits per heavy atom. The van der Waals surface area contributed by atoms with Gasteiger partial charge in [0.15, 0.2) is 5.65 Å². The standard InChI is InChI=1S/C19H22N6/c1-4-24-13(3)14(9-21-24)11-23-15-5-6-17(23)16-10-20-19-7-12(2)22-25(19)18(16)8-15/h4,7,9-10,15,17H,1,5-6,8,11H2,2-3H3/t15-,17-/m1/s1. The largest absolute Gasteiger partial charge is 0.288 e. The maximum atomic E-state index is 4.67. The Morgan fingerprint density at radius 3 is 2.96 bits per heavy atom. The van der Waals surface area contributed by atoms with Crippen LogP contribution in [0.25, 0.3) is 11.8 Å². The van der Waals surface area contributed by atoms with Crippen molar-refractivity contribution in [3.63, 3.8) is 0 Å². The van der Waals surface area contributed by atoms with Crippen LogP contribution in [0.1, 0.15) is 47.1 Å². The van der Waals surface area contributed by atoms with Gasteiger partial charge >= 0.3 is 0 Å². The molecule has 0 saturated carbocycles. The molecule has 2 atom stereocenters. The predicted molar refractivity (Wildman–Crippen MR) is 96.1 cm³/mol. The number of aryl methyl sites for hydroxylation is 1. The Morgan fingerprint density at radius 2 is 2.16 bits per heavy atom. The molecule has 5 heterocycles. The van der Waals surface area contributed by atoms with Gasteiger partial charge in [-0.15, -0.1) is 0 Å². The van der Waals surface area contributed by atoms with E-state index in [2.05, 4.69) is 50.4 Å². The zero-order valence-electron chi connectivity index (χ0n) is 14.7. The quantitative estimate of drug-likeness (QED) is 0.739. The van der Waals surface area contributed by atoms with Crippen molar-refractivity contribution in [3.05, 3.63) is 53.2 Å². The predicted octanol–water partition coefficient (Wildman–Crippen LogP) is 2.90. The SMILES string of the molecule is C=Cn1ncc(CN2[C@@H]3CC[C@@H]2c2cnc4cc(C)nn4c2C3)c1C. The van der Waals surface area contributed by atoms with E-state index < -0.39 is 0 Å². The first-order valence-corrected chi connectivity index (χ1v) is 8.91. The third kappa shape index (κ3) is 2.10. The van der Waals surface area contributed by atoms with Crippen LogP contribution < -0.4 is 0 Å². The molecule has 128 valence electrons. The van der Waals surface area contributed by atoms with Gasteiger partial charge < -0.3 is 0 Å². The van der Waals surface area contributed by atoms with Crippen molar-refractivity contribution >= 4 is 11.8 Å². The minimum Gasteiger partial charge on any atom is -0.288 e. The molecule has 3 aromatic heterocycles. The molecule has 2 bridgehead atoms. The topological polar surface area (TPSA) is 51.2 Å². The van der Waals surface area contributed by atoms with Crippen LogP contribution in [0, 0.1) is 13.8 Å². The molecule has 1 saturated heterocycles. The number of rotatable bonds is 3. The highest BCUT2D eigenvalue weighted by atomic mass is 15.3. The van der Waals surface area contributed by atoms with Crippen LogP contribution in [0.2, 0.25) is 0 Å². The van der Waals surface area contributed by atoms with Gasteiger partial charge in [-0.3, -0.25) is 4.90 Å². The summed E-state index contributed by atoms with van der Waals surface area (Å²) in [6.45, 7) is 8.90. The molecular weight excluding hydrogens is 312 g/mol. The fraction of sp³-hybridized carbons (Fsp3) is 0.421. The molecule has 0 radical (unpaired) electrons. The van der Waals surface area contributed by atoms with E-state index in [0.29, 0.717) is 12.1 Å². The first-order chi connectivity index (χ1) is 12.2.